The van der Waals surface area contributed by atoms with Crippen molar-refractivity contribution in [1.82, 2.24) is 0 Å². The standard InChI is InChI=1S/C19H30O2/c1-5-8-16-14(4)11-12-15-9-7-10-17(18(15)16)21-19(20)13(3)6-2/h9,11-14,16-18H,5-8,10H2,1-4H3. The maximum Gasteiger partial charge on any atom is 0.308 e. The summed E-state index contributed by atoms with van der Waals surface area (Å²) < 4.78 is 5.92. The predicted octanol–water partition coefficient (Wildman–Crippen LogP) is 4.90. The van der Waals surface area contributed by atoms with Crippen LogP contribution in [-0.4, -0.2) is 12.1 Å². The van der Waals surface area contributed by atoms with Gasteiger partial charge in [-0.25, -0.2) is 0 Å². The van der Waals surface area contributed by atoms with E-state index in [0.717, 1.165) is 19.3 Å². The number of hydrogen-bond donors (Lipinski definition) is 0. The van der Waals surface area contributed by atoms with Gasteiger partial charge in [-0.1, -0.05) is 52.3 Å². The zero-order valence-corrected chi connectivity index (χ0v) is 14.0. The minimum atomic E-state index is -0.0128. The highest BCUT2D eigenvalue weighted by Gasteiger charge is 2.39. The van der Waals surface area contributed by atoms with Gasteiger partial charge in [-0.3, -0.25) is 4.79 Å². The molecule has 2 heteroatoms. The number of hydrogen-bond acceptors (Lipinski definition) is 2. The Balaban J connectivity index is 2.17. The molecule has 0 saturated heterocycles. The third-order valence-electron chi connectivity index (χ3n) is 5.25. The lowest BCUT2D eigenvalue weighted by Crippen LogP contribution is -2.40. The Morgan fingerprint density at radius 2 is 2.19 bits per heavy atom. The third-order valence-corrected chi connectivity index (χ3v) is 5.25. The van der Waals surface area contributed by atoms with E-state index < -0.39 is 0 Å². The first-order valence-electron chi connectivity index (χ1n) is 8.67. The summed E-state index contributed by atoms with van der Waals surface area (Å²) in [4.78, 5) is 12.2. The molecule has 2 rings (SSSR count). The van der Waals surface area contributed by atoms with Crippen molar-refractivity contribution >= 4 is 5.97 Å². The highest BCUT2D eigenvalue weighted by atomic mass is 16.5. The average Bonchev–Trinajstić information content (AvgIpc) is 2.49. The molecule has 0 aliphatic heterocycles. The van der Waals surface area contributed by atoms with Crippen molar-refractivity contribution in [2.45, 2.75) is 65.9 Å². The second kappa shape index (κ2) is 7.29. The van der Waals surface area contributed by atoms with E-state index in [9.17, 15) is 4.79 Å². The highest BCUT2D eigenvalue weighted by Crippen LogP contribution is 2.43. The Kier molecular flexibility index (Phi) is 5.66. The molecule has 2 aliphatic rings. The van der Waals surface area contributed by atoms with Gasteiger partial charge >= 0.3 is 5.97 Å². The van der Waals surface area contributed by atoms with E-state index >= 15 is 0 Å². The van der Waals surface area contributed by atoms with Gasteiger partial charge in [-0.05, 0) is 43.1 Å². The summed E-state index contributed by atoms with van der Waals surface area (Å²) in [5.74, 6) is 1.60. The molecule has 0 radical (unpaired) electrons. The van der Waals surface area contributed by atoms with E-state index in [1.54, 1.807) is 0 Å². The molecule has 0 aromatic rings. The summed E-state index contributed by atoms with van der Waals surface area (Å²) in [6.45, 7) is 8.56. The Morgan fingerprint density at radius 3 is 2.86 bits per heavy atom. The maximum atomic E-state index is 12.2. The van der Waals surface area contributed by atoms with Gasteiger partial charge < -0.3 is 4.74 Å². The van der Waals surface area contributed by atoms with Crippen LogP contribution >= 0.6 is 0 Å². The fourth-order valence-corrected chi connectivity index (χ4v) is 3.72. The van der Waals surface area contributed by atoms with Gasteiger partial charge in [0.05, 0.1) is 5.92 Å². The van der Waals surface area contributed by atoms with E-state index in [-0.39, 0.29) is 18.0 Å². The molecular formula is C19H30O2. The van der Waals surface area contributed by atoms with Gasteiger partial charge in [0.25, 0.3) is 0 Å². The van der Waals surface area contributed by atoms with Gasteiger partial charge in [0.1, 0.15) is 6.10 Å². The zero-order chi connectivity index (χ0) is 15.4. The van der Waals surface area contributed by atoms with Crippen LogP contribution in [0.2, 0.25) is 0 Å². The summed E-state index contributed by atoms with van der Waals surface area (Å²) in [5, 5.41) is 0. The van der Waals surface area contributed by atoms with Crippen LogP contribution in [0.3, 0.4) is 0 Å². The van der Waals surface area contributed by atoms with E-state index in [2.05, 4.69) is 32.1 Å². The number of fused-ring (bicyclic) bond motifs is 1. The summed E-state index contributed by atoms with van der Waals surface area (Å²) in [6, 6.07) is 0. The van der Waals surface area contributed by atoms with Crippen LogP contribution in [0.15, 0.2) is 23.8 Å². The van der Waals surface area contributed by atoms with Crippen molar-refractivity contribution in [3.8, 4) is 0 Å². The molecule has 0 amide bonds. The number of carbonyl (C=O) groups excluding carboxylic acids is 1. The quantitative estimate of drug-likeness (QED) is 0.673. The van der Waals surface area contributed by atoms with E-state index in [4.69, 9.17) is 4.74 Å². The first kappa shape index (κ1) is 16.3. The fourth-order valence-electron chi connectivity index (χ4n) is 3.72. The Hall–Kier alpha value is -1.05. The molecule has 2 aliphatic carbocycles. The first-order valence-corrected chi connectivity index (χ1v) is 8.67. The van der Waals surface area contributed by atoms with Crippen molar-refractivity contribution < 1.29 is 9.53 Å². The van der Waals surface area contributed by atoms with Crippen LogP contribution in [0.25, 0.3) is 0 Å². The van der Waals surface area contributed by atoms with E-state index in [0.29, 0.717) is 17.8 Å². The molecule has 118 valence electrons. The lowest BCUT2D eigenvalue weighted by atomic mass is 9.67. The number of esters is 1. The van der Waals surface area contributed by atoms with Crippen LogP contribution in [-0.2, 0) is 9.53 Å². The number of carbonyl (C=O) groups is 1. The molecule has 0 bridgehead atoms. The minimum absolute atomic E-state index is 0.0128. The van der Waals surface area contributed by atoms with Crippen molar-refractivity contribution in [1.29, 1.82) is 0 Å². The second-order valence-electron chi connectivity index (χ2n) is 6.76. The lowest BCUT2D eigenvalue weighted by Gasteiger charge is -2.41. The number of ether oxygens (including phenoxy) is 1. The van der Waals surface area contributed by atoms with Crippen molar-refractivity contribution in [3.05, 3.63) is 23.8 Å². The topological polar surface area (TPSA) is 26.3 Å². The monoisotopic (exact) mass is 290 g/mol. The highest BCUT2D eigenvalue weighted by molar-refractivity contribution is 5.72. The minimum Gasteiger partial charge on any atom is -0.461 e. The molecule has 5 atom stereocenters. The summed E-state index contributed by atoms with van der Waals surface area (Å²) in [6.07, 6.45) is 12.3. The third kappa shape index (κ3) is 3.59. The summed E-state index contributed by atoms with van der Waals surface area (Å²) in [7, 11) is 0. The summed E-state index contributed by atoms with van der Waals surface area (Å²) in [5.41, 5.74) is 1.40. The van der Waals surface area contributed by atoms with Gasteiger partial charge in [0, 0.05) is 5.92 Å². The molecule has 21 heavy (non-hydrogen) atoms. The molecule has 0 fully saturated rings. The van der Waals surface area contributed by atoms with Gasteiger partial charge in [-0.15, -0.1) is 0 Å². The Labute approximate surface area is 129 Å². The van der Waals surface area contributed by atoms with E-state index in [1.807, 2.05) is 13.8 Å². The van der Waals surface area contributed by atoms with Gasteiger partial charge in [-0.2, -0.15) is 0 Å². The number of allylic oxidation sites excluding steroid dienone is 3. The molecule has 0 N–H and O–H groups in total. The van der Waals surface area contributed by atoms with Crippen LogP contribution in [0, 0.1) is 23.7 Å². The Bertz CT molecular complexity index is 421. The smallest absolute Gasteiger partial charge is 0.308 e. The molecular weight excluding hydrogens is 260 g/mol. The van der Waals surface area contributed by atoms with Gasteiger partial charge in [0.2, 0.25) is 0 Å². The van der Waals surface area contributed by atoms with Gasteiger partial charge in [0.15, 0.2) is 0 Å². The lowest BCUT2D eigenvalue weighted by molar-refractivity contribution is -0.157. The second-order valence-corrected chi connectivity index (χ2v) is 6.76. The van der Waals surface area contributed by atoms with Crippen molar-refractivity contribution in [3.63, 3.8) is 0 Å². The predicted molar refractivity (Wildman–Crippen MR) is 86.8 cm³/mol. The van der Waals surface area contributed by atoms with E-state index in [1.165, 1.54) is 18.4 Å². The van der Waals surface area contributed by atoms with Crippen LogP contribution in [0.1, 0.15) is 59.8 Å². The molecule has 0 saturated carbocycles. The molecule has 0 spiro atoms. The largest absolute Gasteiger partial charge is 0.461 e. The maximum absolute atomic E-state index is 12.2. The SMILES string of the molecule is CCCC1C(C)C=CC2=CCCC(OC(=O)C(C)CC)C21. The average molecular weight is 290 g/mol. The van der Waals surface area contributed by atoms with Crippen LogP contribution < -0.4 is 0 Å². The molecule has 0 aromatic carbocycles. The molecule has 0 aromatic heterocycles. The van der Waals surface area contributed by atoms with Crippen LogP contribution in [0.5, 0.6) is 0 Å². The molecule has 2 nitrogen and oxygen atoms in total. The van der Waals surface area contributed by atoms with Crippen LogP contribution in [0.4, 0.5) is 0 Å². The van der Waals surface area contributed by atoms with Crippen molar-refractivity contribution in [2.75, 3.05) is 0 Å². The summed E-state index contributed by atoms with van der Waals surface area (Å²) >= 11 is 0. The normalized spacial score (nSPS) is 33.0. The molecule has 5 unspecified atom stereocenters. The Morgan fingerprint density at radius 1 is 1.43 bits per heavy atom. The molecule has 0 heterocycles. The zero-order valence-electron chi connectivity index (χ0n) is 14.0. The first-order chi connectivity index (χ1) is 10.1. The van der Waals surface area contributed by atoms with Crippen molar-refractivity contribution in [2.24, 2.45) is 23.7 Å². The number of rotatable bonds is 5. The fraction of sp³-hybridized carbons (Fsp3) is 0.737.